The van der Waals surface area contributed by atoms with E-state index in [2.05, 4.69) is 0 Å². The second kappa shape index (κ2) is 7.93. The van der Waals surface area contributed by atoms with E-state index in [1.807, 2.05) is 0 Å². The summed E-state index contributed by atoms with van der Waals surface area (Å²) in [4.78, 5) is 19.1. The number of halogens is 1. The number of hydrogen-bond acceptors (Lipinski definition) is 3. The standard InChI is InChI=1S/C4H4O4.ClH.H3N/c5-3(6)1-2-4(7)8;;/h1-2H,(H,5,6)(H,7,8);1H;1H3. The fourth-order valence-corrected chi connectivity index (χ4v) is 0.143. The van der Waals surface area contributed by atoms with Gasteiger partial charge in [0.15, 0.2) is 0 Å². The predicted octanol–water partition coefficient (Wildman–Crippen LogP) is 0.296. The van der Waals surface area contributed by atoms with Crippen LogP contribution in [0.25, 0.3) is 0 Å². The van der Waals surface area contributed by atoms with Crippen LogP contribution in [0.4, 0.5) is 0 Å². The summed E-state index contributed by atoms with van der Waals surface area (Å²) in [6.07, 6.45) is 1.12. The van der Waals surface area contributed by atoms with Crippen molar-refractivity contribution in [1.29, 1.82) is 0 Å². The molecular formula is C4H8ClNO4. The maximum absolute atomic E-state index is 9.55. The molecule has 0 aliphatic heterocycles. The molecule has 0 aliphatic carbocycles. The summed E-state index contributed by atoms with van der Waals surface area (Å²) >= 11 is 0. The number of carboxylic acid groups (broad SMARTS) is 2. The van der Waals surface area contributed by atoms with Gasteiger partial charge in [0, 0.05) is 12.2 Å². The lowest BCUT2D eigenvalue weighted by atomic mass is 10.5. The van der Waals surface area contributed by atoms with E-state index < -0.39 is 11.9 Å². The Balaban J connectivity index is -0.000000245. The molecule has 5 N–H and O–H groups in total. The monoisotopic (exact) mass is 169 g/mol. The summed E-state index contributed by atoms with van der Waals surface area (Å²) in [5.74, 6) is -2.51. The van der Waals surface area contributed by atoms with E-state index in [9.17, 15) is 9.59 Å². The quantitative estimate of drug-likeness (QED) is 0.515. The van der Waals surface area contributed by atoms with Gasteiger partial charge < -0.3 is 16.4 Å². The van der Waals surface area contributed by atoms with E-state index in [-0.39, 0.29) is 18.6 Å². The SMILES string of the molecule is Cl.N.O=C(O)C=CC(=O)O. The van der Waals surface area contributed by atoms with Gasteiger partial charge in [0.25, 0.3) is 0 Å². The third-order valence-electron chi connectivity index (χ3n) is 0.368. The van der Waals surface area contributed by atoms with Crippen LogP contribution in [0, 0.1) is 0 Å². The normalized spacial score (nSPS) is 7.60. The summed E-state index contributed by atoms with van der Waals surface area (Å²) < 4.78 is 0. The topological polar surface area (TPSA) is 110 Å². The minimum Gasteiger partial charge on any atom is -0.478 e. The average molecular weight is 170 g/mol. The van der Waals surface area contributed by atoms with Gasteiger partial charge in [0.05, 0.1) is 0 Å². The van der Waals surface area contributed by atoms with Crippen LogP contribution in [-0.4, -0.2) is 22.2 Å². The summed E-state index contributed by atoms with van der Waals surface area (Å²) in [5.41, 5.74) is 0. The number of carbonyl (C=O) groups is 2. The largest absolute Gasteiger partial charge is 0.478 e. The van der Waals surface area contributed by atoms with Crippen LogP contribution in [0.2, 0.25) is 0 Å². The van der Waals surface area contributed by atoms with Crippen LogP contribution in [-0.2, 0) is 9.59 Å². The molecule has 0 aromatic carbocycles. The second-order valence-corrected chi connectivity index (χ2v) is 1.01. The molecule has 6 heteroatoms. The summed E-state index contributed by atoms with van der Waals surface area (Å²) in [5, 5.41) is 15.6. The molecule has 0 aliphatic rings. The van der Waals surface area contributed by atoms with E-state index in [1.54, 1.807) is 0 Å². The first kappa shape index (κ1) is 16.0. The maximum Gasteiger partial charge on any atom is 0.328 e. The van der Waals surface area contributed by atoms with Crippen molar-refractivity contribution in [3.63, 3.8) is 0 Å². The van der Waals surface area contributed by atoms with Gasteiger partial charge >= 0.3 is 11.9 Å². The predicted molar refractivity (Wildman–Crippen MR) is 36.7 cm³/mol. The number of carboxylic acids is 2. The summed E-state index contributed by atoms with van der Waals surface area (Å²) in [7, 11) is 0. The van der Waals surface area contributed by atoms with Crippen molar-refractivity contribution in [3.05, 3.63) is 12.2 Å². The zero-order valence-electron chi connectivity index (χ0n) is 4.98. The highest BCUT2D eigenvalue weighted by Gasteiger charge is 1.88. The Bertz CT molecular complexity index is 128. The maximum atomic E-state index is 9.55. The van der Waals surface area contributed by atoms with Crippen molar-refractivity contribution < 1.29 is 19.8 Å². The van der Waals surface area contributed by atoms with Crippen LogP contribution < -0.4 is 6.15 Å². The van der Waals surface area contributed by atoms with Crippen LogP contribution in [0.15, 0.2) is 12.2 Å². The van der Waals surface area contributed by atoms with Crippen molar-refractivity contribution in [2.75, 3.05) is 0 Å². The van der Waals surface area contributed by atoms with Gasteiger partial charge in [-0.3, -0.25) is 0 Å². The molecule has 0 aromatic rings. The van der Waals surface area contributed by atoms with E-state index in [4.69, 9.17) is 10.2 Å². The number of hydrogen-bond donors (Lipinski definition) is 3. The fraction of sp³-hybridized carbons (Fsp3) is 0. The highest BCUT2D eigenvalue weighted by molar-refractivity contribution is 5.89. The Morgan fingerprint density at radius 3 is 1.30 bits per heavy atom. The minimum atomic E-state index is -1.26. The van der Waals surface area contributed by atoms with Crippen molar-refractivity contribution in [2.45, 2.75) is 0 Å². The lowest BCUT2D eigenvalue weighted by molar-refractivity contribution is -0.134. The first-order valence-corrected chi connectivity index (χ1v) is 1.77. The average Bonchev–Trinajstić information content (AvgIpc) is 1.61. The number of rotatable bonds is 2. The minimum absolute atomic E-state index is 0. The molecule has 0 spiro atoms. The van der Waals surface area contributed by atoms with Gasteiger partial charge in [-0.05, 0) is 0 Å². The molecule has 60 valence electrons. The Kier molecular flexibility index (Phi) is 12.7. The van der Waals surface area contributed by atoms with E-state index >= 15 is 0 Å². The van der Waals surface area contributed by atoms with Crippen LogP contribution in [0.5, 0.6) is 0 Å². The molecule has 0 radical (unpaired) electrons. The molecule has 0 atom stereocenters. The van der Waals surface area contributed by atoms with Crippen LogP contribution in [0.1, 0.15) is 0 Å². The molecule has 5 nitrogen and oxygen atoms in total. The van der Waals surface area contributed by atoms with Crippen molar-refractivity contribution in [3.8, 4) is 0 Å². The molecule has 0 unspecified atom stereocenters. The molecule has 0 bridgehead atoms. The zero-order chi connectivity index (χ0) is 6.57. The molecule has 0 fully saturated rings. The van der Waals surface area contributed by atoms with Gasteiger partial charge in [0.1, 0.15) is 0 Å². The first-order valence-electron chi connectivity index (χ1n) is 1.77. The molecular weight excluding hydrogens is 161 g/mol. The van der Waals surface area contributed by atoms with Crippen molar-refractivity contribution in [1.82, 2.24) is 6.15 Å². The molecule has 10 heavy (non-hydrogen) atoms. The molecule has 0 heterocycles. The smallest absolute Gasteiger partial charge is 0.328 e. The zero-order valence-corrected chi connectivity index (χ0v) is 5.80. The summed E-state index contributed by atoms with van der Waals surface area (Å²) in [6, 6.07) is 0. The first-order chi connectivity index (χ1) is 3.63. The van der Waals surface area contributed by atoms with E-state index in [1.165, 1.54) is 0 Å². The molecule has 0 amide bonds. The van der Waals surface area contributed by atoms with E-state index in [0.29, 0.717) is 12.2 Å². The number of aliphatic carboxylic acids is 2. The lowest BCUT2D eigenvalue weighted by Crippen LogP contribution is -1.91. The Morgan fingerprint density at radius 2 is 1.20 bits per heavy atom. The Hall–Kier alpha value is -1.07. The van der Waals surface area contributed by atoms with Crippen LogP contribution in [0.3, 0.4) is 0 Å². The third-order valence-corrected chi connectivity index (χ3v) is 0.368. The summed E-state index contributed by atoms with van der Waals surface area (Å²) in [6.45, 7) is 0. The Morgan fingerprint density at radius 1 is 1.00 bits per heavy atom. The molecule has 0 aromatic heterocycles. The van der Waals surface area contributed by atoms with Gasteiger partial charge in [0.2, 0.25) is 0 Å². The third kappa shape index (κ3) is 15.8. The van der Waals surface area contributed by atoms with Gasteiger partial charge in [-0.1, -0.05) is 0 Å². The van der Waals surface area contributed by atoms with Crippen LogP contribution >= 0.6 is 12.4 Å². The van der Waals surface area contributed by atoms with Gasteiger partial charge in [-0.25, -0.2) is 9.59 Å². The molecule has 0 rings (SSSR count). The highest BCUT2D eigenvalue weighted by Crippen LogP contribution is 1.70. The molecule has 0 saturated carbocycles. The van der Waals surface area contributed by atoms with E-state index in [0.717, 1.165) is 0 Å². The molecule has 0 saturated heterocycles. The van der Waals surface area contributed by atoms with Crippen molar-refractivity contribution in [2.24, 2.45) is 0 Å². The van der Waals surface area contributed by atoms with Crippen molar-refractivity contribution >= 4 is 24.3 Å². The second-order valence-electron chi connectivity index (χ2n) is 1.01. The Labute approximate surface area is 63.3 Å². The lowest BCUT2D eigenvalue weighted by Gasteiger charge is -1.74. The van der Waals surface area contributed by atoms with Gasteiger partial charge in [-0.2, -0.15) is 0 Å². The highest BCUT2D eigenvalue weighted by atomic mass is 35.5. The van der Waals surface area contributed by atoms with Gasteiger partial charge in [-0.15, -0.1) is 12.4 Å². The fourth-order valence-electron chi connectivity index (χ4n) is 0.143.